The van der Waals surface area contributed by atoms with E-state index in [1.165, 1.54) is 97.8 Å². The maximum atomic E-state index is 2.54. The predicted molar refractivity (Wildman–Crippen MR) is 152 cm³/mol. The molecule has 2 aliphatic rings. The Bertz CT molecular complexity index is 1150. The van der Waals surface area contributed by atoms with Crippen LogP contribution in [0.1, 0.15) is 100 Å². The fourth-order valence-corrected chi connectivity index (χ4v) is 6.79. The quantitative estimate of drug-likeness (QED) is 0.255. The van der Waals surface area contributed by atoms with Gasteiger partial charge in [-0.2, -0.15) is 0 Å². The zero-order chi connectivity index (χ0) is 24.3. The van der Waals surface area contributed by atoms with Gasteiger partial charge in [0.2, 0.25) is 0 Å². The van der Waals surface area contributed by atoms with E-state index in [0.29, 0.717) is 0 Å². The van der Waals surface area contributed by atoms with Crippen LogP contribution in [0, 0.1) is 6.92 Å². The monoisotopic (exact) mass is 465 g/mol. The summed E-state index contributed by atoms with van der Waals surface area (Å²) in [4.78, 5) is 2.54. The van der Waals surface area contributed by atoms with Crippen molar-refractivity contribution in [2.45, 2.75) is 96.8 Å². The van der Waals surface area contributed by atoms with Crippen LogP contribution in [-0.2, 0) is 11.8 Å². The molecule has 0 atom stereocenters. The second kappa shape index (κ2) is 10.6. The molecule has 0 spiro atoms. The number of nitrogens with zero attached hydrogens (tertiary/aromatic N) is 1. The first-order chi connectivity index (χ1) is 17.2. The summed E-state index contributed by atoms with van der Waals surface area (Å²) >= 11 is 0. The fraction of sp³-hybridized carbons (Fsp3) is 0.471. The molecular formula is C34H43N. The Morgan fingerprint density at radius 2 is 1.43 bits per heavy atom. The molecule has 1 heteroatoms. The molecule has 1 aliphatic carbocycles. The van der Waals surface area contributed by atoms with Crippen molar-refractivity contribution in [1.82, 2.24) is 0 Å². The van der Waals surface area contributed by atoms with Crippen LogP contribution in [0.2, 0.25) is 0 Å². The molecule has 0 unspecified atom stereocenters. The molecule has 5 rings (SSSR count). The maximum absolute atomic E-state index is 2.54. The summed E-state index contributed by atoms with van der Waals surface area (Å²) in [6.45, 7) is 7.92. The van der Waals surface area contributed by atoms with Gasteiger partial charge in [-0.1, -0.05) is 113 Å². The predicted octanol–water partition coefficient (Wildman–Crippen LogP) is 9.90. The van der Waals surface area contributed by atoms with Crippen LogP contribution >= 0.6 is 0 Å². The van der Waals surface area contributed by atoms with E-state index in [2.05, 4.69) is 86.3 Å². The van der Waals surface area contributed by atoms with Crippen LogP contribution in [0.4, 0.5) is 11.4 Å². The topological polar surface area (TPSA) is 3.24 Å². The SMILES string of the molecule is CCCCCCC1(CCCCCC)c2ccccc2-c2cc(N3CCc4cc(C)ccc43)ccc21. The highest BCUT2D eigenvalue weighted by molar-refractivity contribution is 5.85. The fourth-order valence-electron chi connectivity index (χ4n) is 6.79. The molecule has 0 amide bonds. The Hall–Kier alpha value is -2.54. The summed E-state index contributed by atoms with van der Waals surface area (Å²) in [5.41, 5.74) is 12.0. The zero-order valence-electron chi connectivity index (χ0n) is 22.2. The molecule has 0 N–H and O–H groups in total. The summed E-state index contributed by atoms with van der Waals surface area (Å²) in [5, 5.41) is 0. The minimum Gasteiger partial charge on any atom is -0.341 e. The van der Waals surface area contributed by atoms with E-state index in [0.717, 1.165) is 13.0 Å². The summed E-state index contributed by atoms with van der Waals surface area (Å²) < 4.78 is 0. The summed E-state index contributed by atoms with van der Waals surface area (Å²) in [7, 11) is 0. The van der Waals surface area contributed by atoms with Crippen molar-refractivity contribution in [3.8, 4) is 11.1 Å². The second-order valence-electron chi connectivity index (χ2n) is 11.0. The van der Waals surface area contributed by atoms with E-state index < -0.39 is 0 Å². The number of aryl methyl sites for hydroxylation is 1. The smallest absolute Gasteiger partial charge is 0.0444 e. The lowest BCUT2D eigenvalue weighted by Crippen LogP contribution is -2.25. The van der Waals surface area contributed by atoms with E-state index >= 15 is 0 Å². The molecule has 184 valence electrons. The minimum atomic E-state index is 0.186. The lowest BCUT2D eigenvalue weighted by atomic mass is 9.70. The molecular weight excluding hydrogens is 422 g/mol. The van der Waals surface area contributed by atoms with Crippen molar-refractivity contribution in [2.24, 2.45) is 0 Å². The highest BCUT2D eigenvalue weighted by atomic mass is 15.2. The van der Waals surface area contributed by atoms with Gasteiger partial charge in [-0.05, 0) is 72.2 Å². The Kier molecular flexibility index (Phi) is 7.32. The maximum Gasteiger partial charge on any atom is 0.0444 e. The summed E-state index contributed by atoms with van der Waals surface area (Å²) in [6.07, 6.45) is 14.4. The average molecular weight is 466 g/mol. The van der Waals surface area contributed by atoms with Crippen molar-refractivity contribution in [1.29, 1.82) is 0 Å². The van der Waals surface area contributed by atoms with E-state index in [-0.39, 0.29) is 5.41 Å². The Morgan fingerprint density at radius 1 is 0.714 bits per heavy atom. The van der Waals surface area contributed by atoms with Crippen LogP contribution < -0.4 is 4.90 Å². The molecule has 0 fully saturated rings. The van der Waals surface area contributed by atoms with E-state index in [9.17, 15) is 0 Å². The molecule has 0 saturated carbocycles. The van der Waals surface area contributed by atoms with Gasteiger partial charge >= 0.3 is 0 Å². The van der Waals surface area contributed by atoms with Gasteiger partial charge in [0.25, 0.3) is 0 Å². The van der Waals surface area contributed by atoms with Gasteiger partial charge in [-0.25, -0.2) is 0 Å². The van der Waals surface area contributed by atoms with E-state index in [1.807, 2.05) is 0 Å². The standard InChI is InChI=1S/C34H43N/c1-4-6-8-12-21-34(22-13-9-7-5-2)31-15-11-10-14-29(31)30-25-28(17-18-32(30)34)35-23-20-27-24-26(3)16-19-33(27)35/h10-11,14-19,24-25H,4-9,12-13,20-23H2,1-3H3. The Morgan fingerprint density at radius 3 is 2.17 bits per heavy atom. The molecule has 0 aromatic heterocycles. The van der Waals surface area contributed by atoms with Gasteiger partial charge in [0, 0.05) is 23.3 Å². The summed E-state index contributed by atoms with van der Waals surface area (Å²) in [5.74, 6) is 0. The number of fused-ring (bicyclic) bond motifs is 4. The van der Waals surface area contributed by atoms with Gasteiger partial charge in [0.05, 0.1) is 0 Å². The Labute approximate surface area is 213 Å². The van der Waals surface area contributed by atoms with Crippen molar-refractivity contribution in [2.75, 3.05) is 11.4 Å². The summed E-state index contributed by atoms with van der Waals surface area (Å²) in [6, 6.07) is 23.8. The zero-order valence-corrected chi connectivity index (χ0v) is 22.2. The number of hydrogen-bond donors (Lipinski definition) is 0. The van der Waals surface area contributed by atoms with Crippen LogP contribution in [0.25, 0.3) is 11.1 Å². The molecule has 1 nitrogen and oxygen atoms in total. The number of rotatable bonds is 11. The van der Waals surface area contributed by atoms with Crippen molar-refractivity contribution < 1.29 is 0 Å². The third-order valence-corrected chi connectivity index (χ3v) is 8.61. The first kappa shape index (κ1) is 24.2. The number of anilines is 2. The number of benzene rings is 3. The van der Waals surface area contributed by atoms with Gasteiger partial charge in [0.15, 0.2) is 0 Å². The number of hydrogen-bond acceptors (Lipinski definition) is 1. The van der Waals surface area contributed by atoms with Gasteiger partial charge in [0.1, 0.15) is 0 Å². The number of unbranched alkanes of at least 4 members (excludes halogenated alkanes) is 6. The normalized spacial score (nSPS) is 15.2. The highest BCUT2D eigenvalue weighted by Gasteiger charge is 2.42. The van der Waals surface area contributed by atoms with Gasteiger partial charge in [-0.3, -0.25) is 0 Å². The van der Waals surface area contributed by atoms with E-state index in [1.54, 1.807) is 11.1 Å². The second-order valence-corrected chi connectivity index (χ2v) is 11.0. The molecule has 0 bridgehead atoms. The molecule has 1 heterocycles. The Balaban J connectivity index is 1.54. The van der Waals surface area contributed by atoms with Gasteiger partial charge < -0.3 is 4.90 Å². The lowest BCUT2D eigenvalue weighted by Gasteiger charge is -2.33. The van der Waals surface area contributed by atoms with Crippen LogP contribution in [-0.4, -0.2) is 6.54 Å². The molecule has 1 aliphatic heterocycles. The average Bonchev–Trinajstić information content (AvgIpc) is 3.42. The molecule has 3 aromatic rings. The third kappa shape index (κ3) is 4.55. The van der Waals surface area contributed by atoms with Crippen molar-refractivity contribution in [3.05, 3.63) is 82.9 Å². The van der Waals surface area contributed by atoms with Crippen LogP contribution in [0.15, 0.2) is 60.7 Å². The highest BCUT2D eigenvalue weighted by Crippen LogP contribution is 2.55. The first-order valence-electron chi connectivity index (χ1n) is 14.3. The minimum absolute atomic E-state index is 0.186. The van der Waals surface area contributed by atoms with Crippen molar-refractivity contribution in [3.63, 3.8) is 0 Å². The van der Waals surface area contributed by atoms with Gasteiger partial charge in [-0.15, -0.1) is 0 Å². The third-order valence-electron chi connectivity index (χ3n) is 8.61. The molecule has 35 heavy (non-hydrogen) atoms. The largest absolute Gasteiger partial charge is 0.341 e. The lowest BCUT2D eigenvalue weighted by molar-refractivity contribution is 0.401. The first-order valence-corrected chi connectivity index (χ1v) is 14.3. The molecule has 0 radical (unpaired) electrons. The molecule has 0 saturated heterocycles. The van der Waals surface area contributed by atoms with E-state index in [4.69, 9.17) is 0 Å². The van der Waals surface area contributed by atoms with Crippen LogP contribution in [0.3, 0.4) is 0 Å². The molecule has 3 aromatic carbocycles. The van der Waals surface area contributed by atoms with Crippen LogP contribution in [0.5, 0.6) is 0 Å². The van der Waals surface area contributed by atoms with Crippen molar-refractivity contribution >= 4 is 11.4 Å².